The van der Waals surface area contributed by atoms with E-state index < -0.39 is 5.72 Å². The van der Waals surface area contributed by atoms with Gasteiger partial charge in [0.25, 0.3) is 0 Å². The van der Waals surface area contributed by atoms with E-state index in [-0.39, 0.29) is 11.9 Å². The van der Waals surface area contributed by atoms with E-state index in [0.717, 1.165) is 41.9 Å². The van der Waals surface area contributed by atoms with Crippen LogP contribution in [0.5, 0.6) is 5.75 Å². The third kappa shape index (κ3) is 2.78. The molecule has 3 nitrogen and oxygen atoms in total. The monoisotopic (exact) mass is 358 g/mol. The third-order valence-electron chi connectivity index (χ3n) is 4.95. The zero-order chi connectivity index (χ0) is 17.6. The second kappa shape index (κ2) is 6.03. The number of nitrogens with zero attached hydrogens (tertiary/aromatic N) is 2. The number of hydrogen-bond donors (Lipinski definition) is 0. The first-order valence-electron chi connectivity index (χ1n) is 8.61. The molecule has 2 aromatic rings. The number of benzene rings is 2. The average Bonchev–Trinajstić information content (AvgIpc) is 3.03. The van der Waals surface area contributed by atoms with Crippen molar-refractivity contribution in [3.63, 3.8) is 0 Å². The van der Waals surface area contributed by atoms with E-state index in [0.29, 0.717) is 5.02 Å². The van der Waals surface area contributed by atoms with Crippen molar-refractivity contribution in [2.75, 3.05) is 0 Å². The van der Waals surface area contributed by atoms with Crippen LogP contribution in [0.15, 0.2) is 47.6 Å². The van der Waals surface area contributed by atoms with Gasteiger partial charge in [-0.05, 0) is 42.8 Å². The normalized spacial score (nSPS) is 24.4. The summed E-state index contributed by atoms with van der Waals surface area (Å²) in [6, 6.07) is 12.4. The first-order chi connectivity index (χ1) is 12.0. The van der Waals surface area contributed by atoms with E-state index in [4.69, 9.17) is 21.4 Å². The van der Waals surface area contributed by atoms with E-state index in [1.165, 1.54) is 12.1 Å². The van der Waals surface area contributed by atoms with E-state index in [1.54, 1.807) is 12.1 Å². The molecule has 0 amide bonds. The van der Waals surface area contributed by atoms with Crippen LogP contribution in [0.3, 0.4) is 0 Å². The molecule has 0 fully saturated rings. The smallest absolute Gasteiger partial charge is 0.195 e. The molecule has 130 valence electrons. The van der Waals surface area contributed by atoms with Crippen LogP contribution in [0.1, 0.15) is 50.3 Å². The van der Waals surface area contributed by atoms with Gasteiger partial charge < -0.3 is 4.74 Å². The molecule has 2 aliphatic rings. The minimum absolute atomic E-state index is 0.0825. The Morgan fingerprint density at radius 3 is 2.76 bits per heavy atom. The Bertz CT molecular complexity index is 836. The number of hydrogen-bond acceptors (Lipinski definition) is 3. The Kier molecular flexibility index (Phi) is 3.95. The highest BCUT2D eigenvalue weighted by Crippen LogP contribution is 2.48. The molecule has 0 saturated carbocycles. The molecule has 25 heavy (non-hydrogen) atoms. The fourth-order valence-electron chi connectivity index (χ4n) is 3.79. The number of halogens is 2. The lowest BCUT2D eigenvalue weighted by atomic mass is 9.94. The first kappa shape index (κ1) is 16.4. The van der Waals surface area contributed by atoms with Crippen LogP contribution >= 0.6 is 11.6 Å². The predicted molar refractivity (Wildman–Crippen MR) is 97.5 cm³/mol. The molecule has 2 aromatic carbocycles. The van der Waals surface area contributed by atoms with Crippen molar-refractivity contribution in [3.8, 4) is 5.75 Å². The summed E-state index contributed by atoms with van der Waals surface area (Å²) in [5, 5.41) is 7.62. The van der Waals surface area contributed by atoms with Gasteiger partial charge in [-0.1, -0.05) is 37.1 Å². The van der Waals surface area contributed by atoms with Crippen LogP contribution in [-0.2, 0) is 0 Å². The van der Waals surface area contributed by atoms with Crippen molar-refractivity contribution in [1.82, 2.24) is 5.01 Å². The van der Waals surface area contributed by atoms with Crippen LogP contribution in [0.2, 0.25) is 5.02 Å². The van der Waals surface area contributed by atoms with Gasteiger partial charge in [0.2, 0.25) is 0 Å². The summed E-state index contributed by atoms with van der Waals surface area (Å²) >= 11 is 6.22. The van der Waals surface area contributed by atoms with Crippen molar-refractivity contribution in [1.29, 1.82) is 0 Å². The van der Waals surface area contributed by atoms with E-state index >= 15 is 0 Å². The molecule has 0 N–H and O–H groups in total. The maximum atomic E-state index is 13.2. The minimum atomic E-state index is -0.498. The maximum Gasteiger partial charge on any atom is 0.195 e. The lowest BCUT2D eigenvalue weighted by Crippen LogP contribution is -2.51. The predicted octanol–water partition coefficient (Wildman–Crippen LogP) is 5.54. The fraction of sp³-hybridized carbons (Fsp3) is 0.350. The maximum absolute atomic E-state index is 13.2. The Morgan fingerprint density at radius 2 is 2.04 bits per heavy atom. The molecule has 0 aromatic heterocycles. The molecule has 5 heteroatoms. The van der Waals surface area contributed by atoms with Crippen molar-refractivity contribution in [3.05, 3.63) is 64.4 Å². The third-order valence-corrected chi connectivity index (χ3v) is 5.18. The SMILES string of the molecule is CCC[C@]1(C)Oc2ccc(Cl)cc2[C@@H]2CC(c3ccc(F)cc3)=NN21. The van der Waals surface area contributed by atoms with Gasteiger partial charge in [0.1, 0.15) is 11.6 Å². The lowest BCUT2D eigenvalue weighted by Gasteiger charge is -2.45. The van der Waals surface area contributed by atoms with Crippen molar-refractivity contribution in [2.45, 2.75) is 44.9 Å². The summed E-state index contributed by atoms with van der Waals surface area (Å²) in [4.78, 5) is 0. The molecular weight excluding hydrogens is 339 g/mol. The van der Waals surface area contributed by atoms with Gasteiger partial charge in [-0.2, -0.15) is 5.10 Å². The van der Waals surface area contributed by atoms with E-state index in [2.05, 4.69) is 18.9 Å². The number of fused-ring (bicyclic) bond motifs is 3. The van der Waals surface area contributed by atoms with Gasteiger partial charge >= 0.3 is 0 Å². The van der Waals surface area contributed by atoms with Crippen LogP contribution in [0.4, 0.5) is 4.39 Å². The van der Waals surface area contributed by atoms with E-state index in [9.17, 15) is 4.39 Å². The fourth-order valence-corrected chi connectivity index (χ4v) is 3.97. The molecule has 2 heterocycles. The number of ether oxygens (including phenoxy) is 1. The molecule has 0 radical (unpaired) electrons. The first-order valence-corrected chi connectivity index (χ1v) is 8.99. The van der Waals surface area contributed by atoms with Crippen molar-refractivity contribution < 1.29 is 9.13 Å². The molecule has 0 spiro atoms. The van der Waals surface area contributed by atoms with Crippen LogP contribution in [0, 0.1) is 5.82 Å². The second-order valence-corrected chi connectivity index (χ2v) is 7.26. The molecule has 0 unspecified atom stereocenters. The molecule has 2 atom stereocenters. The average molecular weight is 359 g/mol. The van der Waals surface area contributed by atoms with Gasteiger partial charge in [-0.15, -0.1) is 0 Å². The van der Waals surface area contributed by atoms with Crippen LogP contribution in [0.25, 0.3) is 0 Å². The van der Waals surface area contributed by atoms with Crippen LogP contribution < -0.4 is 4.74 Å². The highest BCUT2D eigenvalue weighted by Gasteiger charge is 2.47. The standard InChI is InChI=1S/C20H20ClFN2O/c1-3-10-20(2)24-18(16-11-14(21)6-9-19(16)25-20)12-17(23-24)13-4-7-15(22)8-5-13/h4-9,11,18H,3,10,12H2,1-2H3/t18-,20-/m0/s1. The molecule has 2 aliphatic heterocycles. The Balaban J connectivity index is 1.78. The highest BCUT2D eigenvalue weighted by molar-refractivity contribution is 6.30. The topological polar surface area (TPSA) is 24.8 Å². The summed E-state index contributed by atoms with van der Waals surface area (Å²) in [5.74, 6) is 0.633. The summed E-state index contributed by atoms with van der Waals surface area (Å²) in [6.45, 7) is 4.22. The van der Waals surface area contributed by atoms with E-state index in [1.807, 2.05) is 18.2 Å². The van der Waals surface area contributed by atoms with Gasteiger partial charge in [-0.25, -0.2) is 9.40 Å². The Morgan fingerprint density at radius 1 is 1.28 bits per heavy atom. The zero-order valence-corrected chi connectivity index (χ0v) is 15.1. The second-order valence-electron chi connectivity index (χ2n) is 6.83. The Labute approximate surface area is 152 Å². The zero-order valence-electron chi connectivity index (χ0n) is 14.3. The quantitative estimate of drug-likeness (QED) is 0.719. The summed E-state index contributed by atoms with van der Waals surface area (Å²) in [7, 11) is 0. The van der Waals surface area contributed by atoms with Crippen molar-refractivity contribution in [2.24, 2.45) is 5.10 Å². The summed E-state index contributed by atoms with van der Waals surface area (Å²) in [5.41, 5.74) is 2.45. The number of rotatable bonds is 3. The molecule has 0 aliphatic carbocycles. The number of hydrazone groups is 1. The molecule has 4 rings (SSSR count). The van der Waals surface area contributed by atoms with Crippen LogP contribution in [-0.4, -0.2) is 16.4 Å². The largest absolute Gasteiger partial charge is 0.466 e. The lowest BCUT2D eigenvalue weighted by molar-refractivity contribution is -0.111. The minimum Gasteiger partial charge on any atom is -0.466 e. The summed E-state index contributed by atoms with van der Waals surface area (Å²) < 4.78 is 19.6. The van der Waals surface area contributed by atoms with Gasteiger partial charge in [0.05, 0.1) is 11.8 Å². The van der Waals surface area contributed by atoms with Gasteiger partial charge in [0, 0.05) is 23.4 Å². The molecular formula is C20H20ClFN2O. The van der Waals surface area contributed by atoms with Crippen molar-refractivity contribution >= 4 is 17.3 Å². The molecule has 0 saturated heterocycles. The molecule has 0 bridgehead atoms. The Hall–Kier alpha value is -2.07. The highest BCUT2D eigenvalue weighted by atomic mass is 35.5. The van der Waals surface area contributed by atoms with Gasteiger partial charge in [-0.3, -0.25) is 0 Å². The van der Waals surface area contributed by atoms with Gasteiger partial charge in [0.15, 0.2) is 5.72 Å². The summed E-state index contributed by atoms with van der Waals surface area (Å²) in [6.07, 6.45) is 2.61.